The molecule has 4 rings (SSSR count). The van der Waals surface area contributed by atoms with Crippen LogP contribution in [0.5, 0.6) is 0 Å². The molecule has 2 aromatic rings. The van der Waals surface area contributed by atoms with Gasteiger partial charge in [0.25, 0.3) is 0 Å². The third kappa shape index (κ3) is 5.38. The van der Waals surface area contributed by atoms with Gasteiger partial charge in [0.2, 0.25) is 11.8 Å². The van der Waals surface area contributed by atoms with E-state index in [1.165, 1.54) is 15.8 Å². The fraction of sp³-hybridized carbons (Fsp3) is 0.714. The second kappa shape index (κ2) is 9.18. The van der Waals surface area contributed by atoms with Gasteiger partial charge < -0.3 is 20.4 Å². The number of hydrogen-bond acceptors (Lipinski definition) is 8. The summed E-state index contributed by atoms with van der Waals surface area (Å²) in [5.74, 6) is -0.289. The van der Waals surface area contributed by atoms with E-state index in [-0.39, 0.29) is 32.0 Å². The summed E-state index contributed by atoms with van der Waals surface area (Å²) in [4.78, 5) is 28.0. The van der Waals surface area contributed by atoms with Gasteiger partial charge in [0, 0.05) is 37.8 Å². The summed E-state index contributed by atoms with van der Waals surface area (Å²) in [6, 6.07) is -1.50. The molecule has 1 saturated heterocycles. The first kappa shape index (κ1) is 23.3. The molecule has 3 N–H and O–H groups in total. The summed E-state index contributed by atoms with van der Waals surface area (Å²) in [5.41, 5.74) is 0.392. The van der Waals surface area contributed by atoms with Crippen molar-refractivity contribution in [1.82, 2.24) is 40.2 Å². The van der Waals surface area contributed by atoms with Crippen molar-refractivity contribution in [3.05, 3.63) is 24.3 Å². The predicted molar refractivity (Wildman–Crippen MR) is 116 cm³/mol. The number of aliphatic hydroxyl groups excluding tert-OH is 2. The Morgan fingerprint density at radius 1 is 1.27 bits per heavy atom. The summed E-state index contributed by atoms with van der Waals surface area (Å²) in [6.07, 6.45) is 5.57. The number of aliphatic hydroxyl groups is 2. The van der Waals surface area contributed by atoms with Crippen LogP contribution in [0.3, 0.4) is 0 Å². The molecule has 0 spiro atoms. The van der Waals surface area contributed by atoms with Crippen LogP contribution >= 0.6 is 0 Å². The van der Waals surface area contributed by atoms with E-state index in [1.807, 2.05) is 27.0 Å². The Bertz CT molecular complexity index is 965. The fourth-order valence-corrected chi connectivity index (χ4v) is 4.27. The zero-order valence-corrected chi connectivity index (χ0v) is 19.2. The van der Waals surface area contributed by atoms with Crippen LogP contribution in [-0.4, -0.2) is 88.3 Å². The van der Waals surface area contributed by atoms with Crippen molar-refractivity contribution in [3.63, 3.8) is 0 Å². The molecule has 1 aliphatic carbocycles. The van der Waals surface area contributed by atoms with Gasteiger partial charge in [0.1, 0.15) is 12.1 Å². The zero-order chi connectivity index (χ0) is 23.8. The third-order valence-corrected chi connectivity index (χ3v) is 6.09. The summed E-state index contributed by atoms with van der Waals surface area (Å²) in [6.45, 7) is 6.05. The van der Waals surface area contributed by atoms with E-state index in [4.69, 9.17) is 0 Å². The number of nitrogens with zero attached hydrogens (tertiary/aromatic N) is 7. The first-order valence-electron chi connectivity index (χ1n) is 11.3. The molecular weight excluding hydrogens is 428 g/mol. The molecule has 1 aliphatic heterocycles. The lowest BCUT2D eigenvalue weighted by Crippen LogP contribution is -2.51. The van der Waals surface area contributed by atoms with Gasteiger partial charge in [-0.05, 0) is 18.3 Å². The first-order chi connectivity index (χ1) is 15.6. The van der Waals surface area contributed by atoms with E-state index >= 15 is 0 Å². The van der Waals surface area contributed by atoms with Crippen molar-refractivity contribution in [3.8, 4) is 0 Å². The summed E-state index contributed by atoms with van der Waals surface area (Å²) < 4.78 is 3.06. The molecule has 12 heteroatoms. The molecule has 2 amide bonds. The molecule has 0 bridgehead atoms. The van der Waals surface area contributed by atoms with Crippen LogP contribution < -0.4 is 5.32 Å². The van der Waals surface area contributed by atoms with Gasteiger partial charge in [-0.1, -0.05) is 31.2 Å². The Morgan fingerprint density at radius 3 is 2.67 bits per heavy atom. The standard InChI is InChI=1S/C21H32N8O4/c1-21(2,3)18(29-12-16(24-26-29)13-4-5-13)20(33)28-11-14(30)8-17(28)19(32)22-9-15(31)10-27-7-6-23-25-27/h6-7,12-15,17-18,30-31H,4-5,8-11H2,1-3H3,(H,22,32)/t14?,15?,17?,18-/m0/s1. The summed E-state index contributed by atoms with van der Waals surface area (Å²) in [5, 5.41) is 39.1. The first-order valence-corrected chi connectivity index (χ1v) is 11.3. The van der Waals surface area contributed by atoms with E-state index in [1.54, 1.807) is 10.9 Å². The van der Waals surface area contributed by atoms with Gasteiger partial charge in [-0.25, -0.2) is 9.36 Å². The van der Waals surface area contributed by atoms with Gasteiger partial charge in [0.15, 0.2) is 0 Å². The quantitative estimate of drug-likeness (QED) is 0.476. The van der Waals surface area contributed by atoms with Crippen LogP contribution in [-0.2, 0) is 16.1 Å². The maximum atomic E-state index is 13.7. The molecule has 12 nitrogen and oxygen atoms in total. The van der Waals surface area contributed by atoms with E-state index < -0.39 is 35.6 Å². The molecule has 4 atom stereocenters. The van der Waals surface area contributed by atoms with Crippen LogP contribution in [0.1, 0.15) is 57.7 Å². The van der Waals surface area contributed by atoms with Gasteiger partial charge in [0.05, 0.1) is 30.6 Å². The van der Waals surface area contributed by atoms with Crippen LogP contribution in [0.15, 0.2) is 18.6 Å². The monoisotopic (exact) mass is 460 g/mol. The van der Waals surface area contributed by atoms with Gasteiger partial charge >= 0.3 is 0 Å². The lowest BCUT2D eigenvalue weighted by molar-refractivity contribution is -0.144. The molecule has 0 aromatic carbocycles. The number of β-amino-alcohol motifs (C(OH)–C–C–N with tert-alkyl or cyclic N) is 1. The van der Waals surface area contributed by atoms with Crippen molar-refractivity contribution >= 4 is 11.8 Å². The van der Waals surface area contributed by atoms with Crippen molar-refractivity contribution in [1.29, 1.82) is 0 Å². The highest BCUT2D eigenvalue weighted by Crippen LogP contribution is 2.40. The zero-order valence-electron chi connectivity index (χ0n) is 19.2. The van der Waals surface area contributed by atoms with Crippen LogP contribution in [0.25, 0.3) is 0 Å². The normalized spacial score (nSPS) is 22.9. The van der Waals surface area contributed by atoms with Gasteiger partial charge in [-0.2, -0.15) is 0 Å². The van der Waals surface area contributed by atoms with Gasteiger partial charge in [-0.15, -0.1) is 10.2 Å². The van der Waals surface area contributed by atoms with Crippen LogP contribution in [0.4, 0.5) is 0 Å². The summed E-state index contributed by atoms with van der Waals surface area (Å²) >= 11 is 0. The Labute approximate surface area is 191 Å². The summed E-state index contributed by atoms with van der Waals surface area (Å²) in [7, 11) is 0. The lowest BCUT2D eigenvalue weighted by atomic mass is 9.85. The largest absolute Gasteiger partial charge is 0.391 e. The Morgan fingerprint density at radius 2 is 2.03 bits per heavy atom. The Balaban J connectivity index is 1.45. The molecule has 33 heavy (non-hydrogen) atoms. The van der Waals surface area contributed by atoms with E-state index in [9.17, 15) is 19.8 Å². The SMILES string of the molecule is CC(C)(C)[C@H](C(=O)N1CC(O)CC1C(=O)NCC(O)Cn1ccnn1)n1cc(C2CC2)nn1. The molecular formula is C21H32N8O4. The van der Waals surface area contributed by atoms with Crippen molar-refractivity contribution in [2.45, 2.75) is 76.8 Å². The molecule has 0 radical (unpaired) electrons. The second-order valence-electron chi connectivity index (χ2n) is 10.1. The minimum atomic E-state index is -0.871. The number of amides is 2. The second-order valence-corrected chi connectivity index (χ2v) is 10.1. The fourth-order valence-electron chi connectivity index (χ4n) is 4.27. The number of carbonyl (C=O) groups is 2. The highest BCUT2D eigenvalue weighted by Gasteiger charge is 2.45. The number of aromatic nitrogens is 6. The number of likely N-dealkylation sites (tertiary alicyclic amines) is 1. The Kier molecular flexibility index (Phi) is 6.48. The van der Waals surface area contributed by atoms with Gasteiger partial charge in [-0.3, -0.25) is 9.59 Å². The lowest BCUT2D eigenvalue weighted by Gasteiger charge is -2.34. The van der Waals surface area contributed by atoms with Crippen molar-refractivity contribution in [2.24, 2.45) is 5.41 Å². The molecule has 2 fully saturated rings. The predicted octanol–water partition coefficient (Wildman–Crippen LogP) is -0.527. The molecule has 1 saturated carbocycles. The number of rotatable bonds is 8. The molecule has 3 unspecified atom stereocenters. The van der Waals surface area contributed by atoms with E-state index in [0.29, 0.717) is 5.92 Å². The molecule has 180 valence electrons. The minimum Gasteiger partial charge on any atom is -0.391 e. The number of nitrogens with one attached hydrogen (secondary N) is 1. The molecule has 2 aromatic heterocycles. The van der Waals surface area contributed by atoms with Crippen molar-refractivity contribution < 1.29 is 19.8 Å². The molecule has 2 aliphatic rings. The topological polar surface area (TPSA) is 151 Å². The maximum absolute atomic E-state index is 13.7. The van der Waals surface area contributed by atoms with E-state index in [2.05, 4.69) is 25.9 Å². The highest BCUT2D eigenvalue weighted by atomic mass is 16.3. The third-order valence-electron chi connectivity index (χ3n) is 6.09. The van der Waals surface area contributed by atoms with E-state index in [0.717, 1.165) is 18.5 Å². The maximum Gasteiger partial charge on any atom is 0.248 e. The minimum absolute atomic E-state index is 0.0101. The van der Waals surface area contributed by atoms with Crippen LogP contribution in [0.2, 0.25) is 0 Å². The van der Waals surface area contributed by atoms with Crippen molar-refractivity contribution in [2.75, 3.05) is 13.1 Å². The average molecular weight is 461 g/mol. The number of hydrogen-bond donors (Lipinski definition) is 3. The number of carbonyl (C=O) groups excluding carboxylic acids is 2. The highest BCUT2D eigenvalue weighted by molar-refractivity contribution is 5.90. The smallest absolute Gasteiger partial charge is 0.248 e. The van der Waals surface area contributed by atoms with Crippen LogP contribution in [0, 0.1) is 5.41 Å². The average Bonchev–Trinajstić information content (AvgIpc) is 3.12. The molecule has 3 heterocycles. The Hall–Kier alpha value is -2.86.